The smallest absolute Gasteiger partial charge is 0.270 e. The van der Waals surface area contributed by atoms with Crippen molar-refractivity contribution < 1.29 is 18.1 Å². The van der Waals surface area contributed by atoms with Crippen LogP contribution in [0.15, 0.2) is 53.4 Å². The van der Waals surface area contributed by atoms with E-state index in [2.05, 4.69) is 0 Å². The van der Waals surface area contributed by atoms with Crippen molar-refractivity contribution in [1.29, 1.82) is 0 Å². The Hall–Kier alpha value is -2.94. The number of anilines is 1. The van der Waals surface area contributed by atoms with E-state index in [0.29, 0.717) is 0 Å². The molecule has 0 aromatic heterocycles. The van der Waals surface area contributed by atoms with Crippen LogP contribution < -0.4 is 10.0 Å². The molecule has 2 aromatic rings. The molecule has 0 aliphatic rings. The van der Waals surface area contributed by atoms with E-state index in [0.717, 1.165) is 22.4 Å². The minimum Gasteiger partial charge on any atom is -0.368 e. The lowest BCUT2D eigenvalue weighted by atomic mass is 10.1. The Morgan fingerprint density at radius 2 is 1.84 bits per heavy atom. The molecule has 2 N–H and O–H groups in total. The number of nitrogens with zero attached hydrogens (tertiary/aromatic N) is 2. The molecule has 2 aromatic carbocycles. The zero-order valence-electron chi connectivity index (χ0n) is 13.5. The number of hydrogen-bond donors (Lipinski definition) is 1. The lowest BCUT2D eigenvalue weighted by Crippen LogP contribution is -2.38. The quantitative estimate of drug-likeness (QED) is 0.594. The molecular weight excluding hydrogens is 346 g/mol. The maximum atomic E-state index is 12.9. The van der Waals surface area contributed by atoms with Crippen LogP contribution >= 0.6 is 0 Å². The molecule has 1 amide bonds. The fourth-order valence-corrected chi connectivity index (χ4v) is 3.71. The number of sulfonamides is 1. The minimum absolute atomic E-state index is 0.252. The van der Waals surface area contributed by atoms with Gasteiger partial charge in [-0.3, -0.25) is 19.2 Å². The fourth-order valence-electron chi connectivity index (χ4n) is 2.24. The van der Waals surface area contributed by atoms with E-state index in [1.807, 2.05) is 6.92 Å². The van der Waals surface area contributed by atoms with Crippen LogP contribution in [0.1, 0.15) is 12.5 Å². The summed E-state index contributed by atoms with van der Waals surface area (Å²) in [6.07, 6.45) is 0.772. The molecule has 0 heterocycles. The van der Waals surface area contributed by atoms with E-state index in [1.165, 1.54) is 18.2 Å². The number of benzene rings is 2. The van der Waals surface area contributed by atoms with Gasteiger partial charge in [-0.2, -0.15) is 0 Å². The number of nitro groups is 1. The molecule has 0 unspecified atom stereocenters. The molecule has 8 nitrogen and oxygen atoms in total. The van der Waals surface area contributed by atoms with Gasteiger partial charge in [-0.1, -0.05) is 25.1 Å². The highest BCUT2D eigenvalue weighted by atomic mass is 32.2. The van der Waals surface area contributed by atoms with Gasteiger partial charge in [0.15, 0.2) is 0 Å². The summed E-state index contributed by atoms with van der Waals surface area (Å²) in [5, 5.41) is 10.9. The third-order valence-corrected chi connectivity index (χ3v) is 5.32. The third-order valence-electron chi connectivity index (χ3n) is 3.55. The van der Waals surface area contributed by atoms with Gasteiger partial charge in [0.05, 0.1) is 15.5 Å². The Bertz CT molecular complexity index is 894. The first-order valence-corrected chi connectivity index (χ1v) is 8.84. The second-order valence-corrected chi connectivity index (χ2v) is 7.11. The van der Waals surface area contributed by atoms with Gasteiger partial charge in [0.25, 0.3) is 15.7 Å². The Morgan fingerprint density at radius 3 is 2.36 bits per heavy atom. The molecule has 0 aliphatic carbocycles. The van der Waals surface area contributed by atoms with Gasteiger partial charge in [-0.15, -0.1) is 0 Å². The van der Waals surface area contributed by atoms with Crippen molar-refractivity contribution >= 4 is 27.3 Å². The average Bonchev–Trinajstić information content (AvgIpc) is 2.59. The number of aryl methyl sites for hydroxylation is 1. The molecule has 0 radical (unpaired) electrons. The van der Waals surface area contributed by atoms with E-state index in [-0.39, 0.29) is 16.3 Å². The molecule has 0 saturated heterocycles. The summed E-state index contributed by atoms with van der Waals surface area (Å²) >= 11 is 0. The van der Waals surface area contributed by atoms with Crippen molar-refractivity contribution in [2.45, 2.75) is 18.2 Å². The molecule has 9 heteroatoms. The summed E-state index contributed by atoms with van der Waals surface area (Å²) in [5.74, 6) is -0.839. The standard InChI is InChI=1S/C16H17N3O5S/c1-2-12-6-8-13(9-7-12)18(11-16(17)20)25(23,24)15-5-3-4-14(10-15)19(21)22/h3-10H,2,11H2,1H3,(H2,17,20). The van der Waals surface area contributed by atoms with Crippen molar-refractivity contribution in [1.82, 2.24) is 0 Å². The first kappa shape index (κ1) is 18.4. The number of carbonyl (C=O) groups is 1. The van der Waals surface area contributed by atoms with Gasteiger partial charge >= 0.3 is 0 Å². The lowest BCUT2D eigenvalue weighted by molar-refractivity contribution is -0.385. The van der Waals surface area contributed by atoms with Crippen LogP contribution in [0.2, 0.25) is 0 Å². The molecule has 0 aliphatic heterocycles. The van der Waals surface area contributed by atoms with Crippen LogP contribution in [-0.4, -0.2) is 25.8 Å². The fraction of sp³-hybridized carbons (Fsp3) is 0.188. The zero-order valence-corrected chi connectivity index (χ0v) is 14.3. The summed E-state index contributed by atoms with van der Waals surface area (Å²) < 4.78 is 26.6. The molecule has 0 fully saturated rings. The van der Waals surface area contributed by atoms with Gasteiger partial charge in [0.2, 0.25) is 5.91 Å². The molecule has 25 heavy (non-hydrogen) atoms. The summed E-state index contributed by atoms with van der Waals surface area (Å²) in [5.41, 5.74) is 6.07. The molecule has 0 atom stereocenters. The highest BCUT2D eigenvalue weighted by Crippen LogP contribution is 2.26. The van der Waals surface area contributed by atoms with Crippen molar-refractivity contribution in [2.24, 2.45) is 5.73 Å². The first-order valence-electron chi connectivity index (χ1n) is 7.40. The number of amides is 1. The summed E-state index contributed by atoms with van der Waals surface area (Å²) in [6.45, 7) is 1.38. The van der Waals surface area contributed by atoms with Crippen molar-refractivity contribution in [3.63, 3.8) is 0 Å². The average molecular weight is 363 g/mol. The van der Waals surface area contributed by atoms with Crippen molar-refractivity contribution in [3.05, 3.63) is 64.2 Å². The number of non-ortho nitro benzene ring substituents is 1. The van der Waals surface area contributed by atoms with E-state index in [1.54, 1.807) is 24.3 Å². The van der Waals surface area contributed by atoms with E-state index in [4.69, 9.17) is 5.73 Å². The number of nitro benzene ring substituents is 1. The first-order chi connectivity index (χ1) is 11.8. The summed E-state index contributed by atoms with van der Waals surface area (Å²) in [7, 11) is -4.20. The molecule has 0 bridgehead atoms. The van der Waals surface area contributed by atoms with Crippen LogP contribution in [0.25, 0.3) is 0 Å². The Kier molecular flexibility index (Phi) is 5.38. The van der Waals surface area contributed by atoms with Crippen molar-refractivity contribution in [2.75, 3.05) is 10.8 Å². The Morgan fingerprint density at radius 1 is 1.20 bits per heavy atom. The van der Waals surface area contributed by atoms with Crippen LogP contribution in [0.5, 0.6) is 0 Å². The summed E-state index contributed by atoms with van der Waals surface area (Å²) in [4.78, 5) is 21.3. The maximum Gasteiger partial charge on any atom is 0.270 e. The number of nitrogens with two attached hydrogens (primary N) is 1. The largest absolute Gasteiger partial charge is 0.368 e. The number of hydrogen-bond acceptors (Lipinski definition) is 5. The Labute approximate surface area is 145 Å². The molecule has 0 saturated carbocycles. The van der Waals surface area contributed by atoms with Crippen LogP contribution in [0, 0.1) is 10.1 Å². The summed E-state index contributed by atoms with van der Waals surface area (Å²) in [6, 6.07) is 11.3. The van der Waals surface area contributed by atoms with E-state index >= 15 is 0 Å². The second-order valence-electron chi connectivity index (χ2n) is 5.25. The van der Waals surface area contributed by atoms with Gasteiger partial charge in [0, 0.05) is 12.1 Å². The van der Waals surface area contributed by atoms with Crippen LogP contribution in [-0.2, 0) is 21.2 Å². The zero-order chi connectivity index (χ0) is 18.6. The topological polar surface area (TPSA) is 124 Å². The molecule has 132 valence electrons. The van der Waals surface area contributed by atoms with Gasteiger partial charge < -0.3 is 5.73 Å². The van der Waals surface area contributed by atoms with Crippen molar-refractivity contribution in [3.8, 4) is 0 Å². The molecule has 2 rings (SSSR count). The van der Waals surface area contributed by atoms with Gasteiger partial charge in [-0.25, -0.2) is 8.42 Å². The third kappa shape index (κ3) is 4.13. The second kappa shape index (κ2) is 7.31. The predicted octanol–water partition coefficient (Wildman–Crippen LogP) is 1.84. The van der Waals surface area contributed by atoms with Gasteiger partial charge in [0.1, 0.15) is 6.54 Å². The minimum atomic E-state index is -4.20. The number of primary amides is 1. The van der Waals surface area contributed by atoms with Gasteiger partial charge in [-0.05, 0) is 30.2 Å². The monoisotopic (exact) mass is 363 g/mol. The SMILES string of the molecule is CCc1ccc(N(CC(N)=O)S(=O)(=O)c2cccc([N+](=O)[O-])c2)cc1. The Balaban J connectivity index is 2.53. The molecule has 0 spiro atoms. The van der Waals surface area contributed by atoms with Crippen LogP contribution in [0.4, 0.5) is 11.4 Å². The lowest BCUT2D eigenvalue weighted by Gasteiger charge is -2.23. The highest BCUT2D eigenvalue weighted by molar-refractivity contribution is 7.92. The predicted molar refractivity (Wildman–Crippen MR) is 92.6 cm³/mol. The normalized spacial score (nSPS) is 11.1. The van der Waals surface area contributed by atoms with E-state index in [9.17, 15) is 23.3 Å². The van der Waals surface area contributed by atoms with Crippen LogP contribution in [0.3, 0.4) is 0 Å². The molecular formula is C16H17N3O5S. The maximum absolute atomic E-state index is 12.9. The number of carbonyl (C=O) groups excluding carboxylic acids is 1. The highest BCUT2D eigenvalue weighted by Gasteiger charge is 2.27. The number of rotatable bonds is 7. The van der Waals surface area contributed by atoms with E-state index < -0.39 is 27.4 Å².